The van der Waals surface area contributed by atoms with E-state index in [1.54, 1.807) is 18.2 Å². The summed E-state index contributed by atoms with van der Waals surface area (Å²) in [5.41, 5.74) is 0.757. The molecule has 1 amide bonds. The predicted octanol–water partition coefficient (Wildman–Crippen LogP) is 1.85. The number of rotatable bonds is 4. The third-order valence-electron chi connectivity index (χ3n) is 1.73. The zero-order chi connectivity index (χ0) is 11.3. The van der Waals surface area contributed by atoms with Crippen LogP contribution in [-0.4, -0.2) is 18.7 Å². The van der Waals surface area contributed by atoms with Gasteiger partial charge in [0.2, 0.25) is 5.91 Å². The molecule has 0 saturated heterocycles. The van der Waals surface area contributed by atoms with Gasteiger partial charge in [-0.15, -0.1) is 0 Å². The average Bonchev–Trinajstić information content (AvgIpc) is 2.20. The molecule has 0 unspecified atom stereocenters. The molecule has 1 rings (SSSR count). The van der Waals surface area contributed by atoms with Crippen molar-refractivity contribution in [3.05, 3.63) is 33.8 Å². The summed E-state index contributed by atoms with van der Waals surface area (Å²) in [7, 11) is 0. The fourth-order valence-corrected chi connectivity index (χ4v) is 1.37. The number of nitrogens with one attached hydrogen (secondary N) is 1. The summed E-state index contributed by atoms with van der Waals surface area (Å²) in [4.78, 5) is 21.2. The monoisotopic (exact) mass is 245 g/mol. The average molecular weight is 246 g/mol. The van der Waals surface area contributed by atoms with E-state index >= 15 is 0 Å². The molecule has 0 aliphatic heterocycles. The zero-order valence-electron chi connectivity index (χ0n) is 7.80. The molecule has 0 aliphatic carbocycles. The van der Waals surface area contributed by atoms with E-state index in [1.165, 1.54) is 0 Å². The highest BCUT2D eigenvalue weighted by atomic mass is 35.5. The lowest BCUT2D eigenvalue weighted by Gasteiger charge is -2.03. The van der Waals surface area contributed by atoms with Crippen LogP contribution in [0.3, 0.4) is 0 Å². The number of aldehydes is 1. The quantitative estimate of drug-likeness (QED) is 0.824. The van der Waals surface area contributed by atoms with Gasteiger partial charge in [0.15, 0.2) is 0 Å². The van der Waals surface area contributed by atoms with Crippen LogP contribution in [0.4, 0.5) is 0 Å². The minimum Gasteiger partial charge on any atom is -0.349 e. The molecule has 80 valence electrons. The lowest BCUT2D eigenvalue weighted by molar-refractivity contribution is -0.121. The molecule has 0 spiro atoms. The van der Waals surface area contributed by atoms with Crippen molar-refractivity contribution in [2.24, 2.45) is 0 Å². The first-order valence-corrected chi connectivity index (χ1v) is 5.03. The second kappa shape index (κ2) is 5.73. The van der Waals surface area contributed by atoms with E-state index in [1.807, 2.05) is 0 Å². The van der Waals surface area contributed by atoms with Crippen LogP contribution < -0.4 is 5.32 Å². The van der Waals surface area contributed by atoms with E-state index in [4.69, 9.17) is 23.2 Å². The van der Waals surface area contributed by atoms with Gasteiger partial charge in [-0.05, 0) is 17.7 Å². The maximum absolute atomic E-state index is 11.2. The first-order valence-electron chi connectivity index (χ1n) is 4.27. The summed E-state index contributed by atoms with van der Waals surface area (Å²) in [5, 5.41) is 3.30. The number of carbonyl (C=O) groups excluding carboxylic acids is 2. The van der Waals surface area contributed by atoms with Crippen molar-refractivity contribution in [1.29, 1.82) is 0 Å². The molecule has 3 nitrogen and oxygen atoms in total. The van der Waals surface area contributed by atoms with Crippen molar-refractivity contribution in [1.82, 2.24) is 5.32 Å². The third-order valence-corrected chi connectivity index (χ3v) is 2.47. The summed E-state index contributed by atoms with van der Waals surface area (Å²) in [6.07, 6.45) is 0.817. The Morgan fingerprint density at radius 1 is 1.33 bits per heavy atom. The molecule has 15 heavy (non-hydrogen) atoms. The molecular formula is C10H9Cl2NO2. The van der Waals surface area contributed by atoms with Gasteiger partial charge in [-0.25, -0.2) is 0 Å². The first-order chi connectivity index (χ1) is 7.13. The smallest absolute Gasteiger partial charge is 0.224 e. The highest BCUT2D eigenvalue weighted by Crippen LogP contribution is 2.22. The Labute approximate surface area is 97.4 Å². The van der Waals surface area contributed by atoms with E-state index < -0.39 is 0 Å². The normalized spacial score (nSPS) is 9.73. The Bertz CT molecular complexity index is 380. The maximum Gasteiger partial charge on any atom is 0.224 e. The van der Waals surface area contributed by atoms with Gasteiger partial charge in [0, 0.05) is 0 Å². The number of carbonyl (C=O) groups is 2. The molecule has 0 radical (unpaired) electrons. The van der Waals surface area contributed by atoms with Crippen LogP contribution in [0.1, 0.15) is 5.56 Å². The number of halogens is 2. The number of hydrogen-bond donors (Lipinski definition) is 1. The van der Waals surface area contributed by atoms with Gasteiger partial charge < -0.3 is 10.1 Å². The standard InChI is InChI=1S/C10H9Cl2NO2/c11-8-2-1-7(5-9(8)12)6-10(15)13-3-4-14/h1-2,4-5H,3,6H2,(H,13,15). The molecule has 0 saturated carbocycles. The Hall–Kier alpha value is -1.06. The molecule has 0 aromatic heterocycles. The molecule has 1 aromatic rings. The van der Waals surface area contributed by atoms with Gasteiger partial charge >= 0.3 is 0 Å². The van der Waals surface area contributed by atoms with Crippen molar-refractivity contribution < 1.29 is 9.59 Å². The zero-order valence-corrected chi connectivity index (χ0v) is 9.31. The molecule has 0 fully saturated rings. The molecule has 0 bridgehead atoms. The Morgan fingerprint density at radius 2 is 2.07 bits per heavy atom. The van der Waals surface area contributed by atoms with E-state index in [9.17, 15) is 9.59 Å². The molecule has 0 aliphatic rings. The van der Waals surface area contributed by atoms with E-state index in [-0.39, 0.29) is 18.9 Å². The van der Waals surface area contributed by atoms with Crippen molar-refractivity contribution in [3.8, 4) is 0 Å². The summed E-state index contributed by atoms with van der Waals surface area (Å²) >= 11 is 11.5. The maximum atomic E-state index is 11.2. The van der Waals surface area contributed by atoms with Crippen LogP contribution in [-0.2, 0) is 16.0 Å². The van der Waals surface area contributed by atoms with Gasteiger partial charge in [0.05, 0.1) is 23.0 Å². The number of hydrogen-bond acceptors (Lipinski definition) is 2. The molecule has 0 heterocycles. The Kier molecular flexibility index (Phi) is 4.59. The van der Waals surface area contributed by atoms with Crippen LogP contribution >= 0.6 is 23.2 Å². The molecule has 1 N–H and O–H groups in total. The lowest BCUT2D eigenvalue weighted by Crippen LogP contribution is -2.26. The van der Waals surface area contributed by atoms with Crippen LogP contribution in [0.15, 0.2) is 18.2 Å². The summed E-state index contributed by atoms with van der Waals surface area (Å²) < 4.78 is 0. The number of benzene rings is 1. The van der Waals surface area contributed by atoms with Gasteiger partial charge in [0.1, 0.15) is 6.29 Å². The molecule has 1 aromatic carbocycles. The summed E-state index contributed by atoms with van der Waals surface area (Å²) in [6, 6.07) is 4.98. The van der Waals surface area contributed by atoms with Crippen LogP contribution in [0.25, 0.3) is 0 Å². The lowest BCUT2D eigenvalue weighted by atomic mass is 10.1. The van der Waals surface area contributed by atoms with Crippen molar-refractivity contribution in [2.45, 2.75) is 6.42 Å². The highest BCUT2D eigenvalue weighted by molar-refractivity contribution is 6.42. The van der Waals surface area contributed by atoms with Crippen molar-refractivity contribution >= 4 is 35.4 Å². The van der Waals surface area contributed by atoms with Crippen molar-refractivity contribution in [3.63, 3.8) is 0 Å². The van der Waals surface area contributed by atoms with Crippen molar-refractivity contribution in [2.75, 3.05) is 6.54 Å². The summed E-state index contributed by atoms with van der Waals surface area (Å²) in [6.45, 7) is 0.0279. The Morgan fingerprint density at radius 3 is 2.67 bits per heavy atom. The molecular weight excluding hydrogens is 237 g/mol. The van der Waals surface area contributed by atoms with Crippen LogP contribution in [0.5, 0.6) is 0 Å². The highest BCUT2D eigenvalue weighted by Gasteiger charge is 2.04. The predicted molar refractivity (Wildman–Crippen MR) is 59.2 cm³/mol. The summed E-state index contributed by atoms with van der Waals surface area (Å²) in [5.74, 6) is -0.222. The molecule has 5 heteroatoms. The Balaban J connectivity index is 2.60. The van der Waals surface area contributed by atoms with Gasteiger partial charge in [-0.2, -0.15) is 0 Å². The van der Waals surface area contributed by atoms with E-state index in [0.29, 0.717) is 16.3 Å². The first kappa shape index (κ1) is 12.0. The van der Waals surface area contributed by atoms with Crippen LogP contribution in [0, 0.1) is 0 Å². The SMILES string of the molecule is O=CCNC(=O)Cc1ccc(Cl)c(Cl)c1. The van der Waals surface area contributed by atoms with Gasteiger partial charge in [-0.1, -0.05) is 29.3 Å². The van der Waals surface area contributed by atoms with E-state index in [0.717, 1.165) is 5.56 Å². The fraction of sp³-hybridized carbons (Fsp3) is 0.200. The second-order valence-electron chi connectivity index (χ2n) is 2.90. The molecule has 0 atom stereocenters. The van der Waals surface area contributed by atoms with Gasteiger partial charge in [-0.3, -0.25) is 4.79 Å². The van der Waals surface area contributed by atoms with Gasteiger partial charge in [0.25, 0.3) is 0 Å². The largest absolute Gasteiger partial charge is 0.349 e. The minimum absolute atomic E-state index is 0.0279. The number of amides is 1. The fourth-order valence-electron chi connectivity index (χ4n) is 1.05. The minimum atomic E-state index is -0.222. The topological polar surface area (TPSA) is 46.2 Å². The van der Waals surface area contributed by atoms with Crippen LogP contribution in [0.2, 0.25) is 10.0 Å². The second-order valence-corrected chi connectivity index (χ2v) is 3.71. The third kappa shape index (κ3) is 3.90. The van der Waals surface area contributed by atoms with E-state index in [2.05, 4.69) is 5.32 Å².